The summed E-state index contributed by atoms with van der Waals surface area (Å²) >= 11 is 0. The quantitative estimate of drug-likeness (QED) is 0.581. The van der Waals surface area contributed by atoms with E-state index in [0.29, 0.717) is 12.5 Å². The van der Waals surface area contributed by atoms with Crippen LogP contribution < -0.4 is 16.0 Å². The second-order valence-electron chi connectivity index (χ2n) is 4.33. The van der Waals surface area contributed by atoms with E-state index in [1.807, 2.05) is 12.3 Å². The number of aliphatic imine (C=N–C) groups is 1. The summed E-state index contributed by atoms with van der Waals surface area (Å²) in [4.78, 5) is 10.9. The Labute approximate surface area is 115 Å². The molecule has 5 nitrogen and oxygen atoms in total. The van der Waals surface area contributed by atoms with Gasteiger partial charge in [0.2, 0.25) is 0 Å². The van der Waals surface area contributed by atoms with E-state index in [9.17, 15) is 0 Å². The Morgan fingerprint density at radius 1 is 1.32 bits per heavy atom. The Kier molecular flexibility index (Phi) is 6.71. The summed E-state index contributed by atoms with van der Waals surface area (Å²) in [6.45, 7) is 9.70. The van der Waals surface area contributed by atoms with Gasteiger partial charge in [0.1, 0.15) is 5.82 Å². The van der Waals surface area contributed by atoms with Gasteiger partial charge in [0.25, 0.3) is 0 Å². The molecule has 1 heterocycles. The minimum absolute atomic E-state index is 0.495. The first-order valence-electron chi connectivity index (χ1n) is 6.94. The molecule has 1 aromatic heterocycles. The van der Waals surface area contributed by atoms with Crippen LogP contribution >= 0.6 is 0 Å². The molecule has 0 amide bonds. The molecule has 0 aromatic carbocycles. The molecule has 0 saturated carbocycles. The number of anilines is 1. The van der Waals surface area contributed by atoms with Crippen molar-refractivity contribution in [3.05, 3.63) is 23.9 Å². The van der Waals surface area contributed by atoms with Gasteiger partial charge >= 0.3 is 0 Å². The first-order valence-corrected chi connectivity index (χ1v) is 6.94. The van der Waals surface area contributed by atoms with E-state index in [1.165, 1.54) is 0 Å². The van der Waals surface area contributed by atoms with Gasteiger partial charge in [0.15, 0.2) is 5.96 Å². The minimum Gasteiger partial charge on any atom is -0.370 e. The van der Waals surface area contributed by atoms with Gasteiger partial charge in [-0.15, -0.1) is 0 Å². The van der Waals surface area contributed by atoms with Crippen LogP contribution in [0.4, 0.5) is 5.82 Å². The highest BCUT2D eigenvalue weighted by Gasteiger charge is 2.02. The van der Waals surface area contributed by atoms with E-state index in [-0.39, 0.29) is 0 Å². The number of nitrogens with one attached hydrogen (secondary N) is 1. The Morgan fingerprint density at radius 3 is 2.58 bits per heavy atom. The molecule has 5 heteroatoms. The fourth-order valence-electron chi connectivity index (χ4n) is 1.73. The Hall–Kier alpha value is -1.78. The average molecular weight is 263 g/mol. The van der Waals surface area contributed by atoms with Gasteiger partial charge in [-0.3, -0.25) is 0 Å². The summed E-state index contributed by atoms with van der Waals surface area (Å²) in [5, 5.41) is 3.05. The molecule has 0 unspecified atom stereocenters. The standard InChI is InChI=1S/C14H25N5/c1-4-9-16-14(15)18-11-12-7-8-13(17-10-12)19(5-2)6-3/h7-8,10H,4-6,9,11H2,1-3H3,(H3,15,16,18). The molecule has 19 heavy (non-hydrogen) atoms. The minimum atomic E-state index is 0.495. The largest absolute Gasteiger partial charge is 0.370 e. The molecule has 0 bridgehead atoms. The summed E-state index contributed by atoms with van der Waals surface area (Å²) in [6.07, 6.45) is 2.90. The third-order valence-corrected chi connectivity index (χ3v) is 2.88. The molecule has 0 fully saturated rings. The number of guanidine groups is 1. The number of pyridine rings is 1. The van der Waals surface area contributed by atoms with Gasteiger partial charge in [-0.05, 0) is 31.9 Å². The maximum atomic E-state index is 5.74. The molecule has 0 radical (unpaired) electrons. The molecule has 1 rings (SSSR count). The monoisotopic (exact) mass is 263 g/mol. The summed E-state index contributed by atoms with van der Waals surface area (Å²) in [7, 11) is 0. The third-order valence-electron chi connectivity index (χ3n) is 2.88. The summed E-state index contributed by atoms with van der Waals surface area (Å²) in [5.74, 6) is 1.50. The van der Waals surface area contributed by atoms with Gasteiger partial charge < -0.3 is 16.0 Å². The number of hydrogen-bond donors (Lipinski definition) is 2. The third kappa shape index (κ3) is 5.16. The zero-order valence-electron chi connectivity index (χ0n) is 12.2. The van der Waals surface area contributed by atoms with Crippen molar-refractivity contribution in [3.8, 4) is 0 Å². The summed E-state index contributed by atoms with van der Waals surface area (Å²) < 4.78 is 0. The van der Waals surface area contributed by atoms with Gasteiger partial charge in [0, 0.05) is 25.8 Å². The lowest BCUT2D eigenvalue weighted by Crippen LogP contribution is -2.32. The number of nitrogens with two attached hydrogens (primary N) is 1. The first kappa shape index (κ1) is 15.3. The van der Waals surface area contributed by atoms with Gasteiger partial charge in [-0.25, -0.2) is 9.98 Å². The molecule has 0 aliphatic heterocycles. The van der Waals surface area contributed by atoms with Crippen LogP contribution in [-0.2, 0) is 6.54 Å². The maximum absolute atomic E-state index is 5.74. The number of rotatable bonds is 7. The van der Waals surface area contributed by atoms with E-state index in [2.05, 4.69) is 47.0 Å². The molecule has 0 atom stereocenters. The Morgan fingerprint density at radius 2 is 2.05 bits per heavy atom. The molecule has 0 saturated heterocycles. The fraction of sp³-hybridized carbons (Fsp3) is 0.571. The van der Waals surface area contributed by atoms with Crippen molar-refractivity contribution in [2.75, 3.05) is 24.5 Å². The summed E-state index contributed by atoms with van der Waals surface area (Å²) in [6, 6.07) is 4.09. The smallest absolute Gasteiger partial charge is 0.188 e. The van der Waals surface area contributed by atoms with Gasteiger partial charge in [0.05, 0.1) is 6.54 Å². The normalized spacial score (nSPS) is 11.4. The Bertz CT molecular complexity index is 381. The van der Waals surface area contributed by atoms with Crippen molar-refractivity contribution in [2.24, 2.45) is 10.7 Å². The van der Waals surface area contributed by atoms with Crippen LogP contribution in [0.25, 0.3) is 0 Å². The number of hydrogen-bond acceptors (Lipinski definition) is 3. The highest BCUT2D eigenvalue weighted by atomic mass is 15.2. The van der Waals surface area contributed by atoms with Crippen LogP contribution in [0.1, 0.15) is 32.8 Å². The van der Waals surface area contributed by atoms with Crippen molar-refractivity contribution >= 4 is 11.8 Å². The van der Waals surface area contributed by atoms with E-state index in [0.717, 1.165) is 37.4 Å². The van der Waals surface area contributed by atoms with Crippen molar-refractivity contribution in [1.82, 2.24) is 10.3 Å². The van der Waals surface area contributed by atoms with Crippen molar-refractivity contribution < 1.29 is 0 Å². The first-order chi connectivity index (χ1) is 9.21. The molecule has 0 spiro atoms. The average Bonchev–Trinajstić information content (AvgIpc) is 2.45. The van der Waals surface area contributed by atoms with Crippen molar-refractivity contribution in [2.45, 2.75) is 33.7 Å². The lowest BCUT2D eigenvalue weighted by Gasteiger charge is -2.19. The molecular weight excluding hydrogens is 238 g/mol. The maximum Gasteiger partial charge on any atom is 0.188 e. The predicted octanol–water partition coefficient (Wildman–Crippen LogP) is 1.74. The highest BCUT2D eigenvalue weighted by Crippen LogP contribution is 2.11. The highest BCUT2D eigenvalue weighted by molar-refractivity contribution is 5.77. The number of aromatic nitrogens is 1. The molecule has 3 N–H and O–H groups in total. The predicted molar refractivity (Wildman–Crippen MR) is 81.4 cm³/mol. The fourth-order valence-corrected chi connectivity index (χ4v) is 1.73. The van der Waals surface area contributed by atoms with Crippen LogP contribution in [0.5, 0.6) is 0 Å². The van der Waals surface area contributed by atoms with E-state index >= 15 is 0 Å². The lowest BCUT2D eigenvalue weighted by atomic mass is 10.3. The van der Waals surface area contributed by atoms with E-state index < -0.39 is 0 Å². The second-order valence-corrected chi connectivity index (χ2v) is 4.33. The van der Waals surface area contributed by atoms with E-state index in [4.69, 9.17) is 5.73 Å². The Balaban J connectivity index is 2.57. The SMILES string of the molecule is CCCNC(N)=NCc1ccc(N(CC)CC)nc1. The molecule has 0 aliphatic carbocycles. The van der Waals surface area contributed by atoms with Crippen LogP contribution in [0.2, 0.25) is 0 Å². The van der Waals surface area contributed by atoms with Gasteiger partial charge in [-0.2, -0.15) is 0 Å². The van der Waals surface area contributed by atoms with E-state index in [1.54, 1.807) is 0 Å². The number of nitrogens with zero attached hydrogens (tertiary/aromatic N) is 3. The molecule has 1 aromatic rings. The van der Waals surface area contributed by atoms with Crippen LogP contribution in [0.15, 0.2) is 23.3 Å². The molecule has 0 aliphatic rings. The van der Waals surface area contributed by atoms with Crippen molar-refractivity contribution in [3.63, 3.8) is 0 Å². The van der Waals surface area contributed by atoms with Crippen LogP contribution in [-0.4, -0.2) is 30.6 Å². The van der Waals surface area contributed by atoms with Gasteiger partial charge in [-0.1, -0.05) is 13.0 Å². The zero-order valence-corrected chi connectivity index (χ0v) is 12.2. The topological polar surface area (TPSA) is 66.5 Å². The van der Waals surface area contributed by atoms with Crippen LogP contribution in [0.3, 0.4) is 0 Å². The zero-order chi connectivity index (χ0) is 14.1. The van der Waals surface area contributed by atoms with Crippen molar-refractivity contribution in [1.29, 1.82) is 0 Å². The second kappa shape index (κ2) is 8.34. The summed E-state index contributed by atoms with van der Waals surface area (Å²) in [5.41, 5.74) is 6.81. The molecule has 106 valence electrons. The van der Waals surface area contributed by atoms with Crippen LogP contribution in [0, 0.1) is 0 Å². The lowest BCUT2D eigenvalue weighted by molar-refractivity contribution is 0.824. The molecular formula is C14H25N5.